The molecule has 1 heterocycles. The van der Waals surface area contributed by atoms with Crippen LogP contribution < -0.4 is 0 Å². The number of hydroxylamine groups is 2. The molecular weight excluding hydrogens is 78.0 g/mol. The Morgan fingerprint density at radius 1 is 1.83 bits per heavy atom. The van der Waals surface area contributed by atoms with Gasteiger partial charge in [-0.1, -0.05) is 5.92 Å². The Morgan fingerprint density at radius 3 is 2.67 bits per heavy atom. The van der Waals surface area contributed by atoms with Crippen LogP contribution in [0.25, 0.3) is 0 Å². The quantitative estimate of drug-likeness (QED) is 0.306. The van der Waals surface area contributed by atoms with Gasteiger partial charge in [-0.25, -0.2) is 4.84 Å². The summed E-state index contributed by atoms with van der Waals surface area (Å²) in [5, 5.41) is 1.57. The van der Waals surface area contributed by atoms with Gasteiger partial charge in [0, 0.05) is 6.04 Å². The van der Waals surface area contributed by atoms with Crippen LogP contribution in [-0.4, -0.2) is 11.8 Å². The third kappa shape index (κ3) is 0.631. The topological polar surface area (TPSA) is 15.5 Å². The molecule has 0 spiro atoms. The van der Waals surface area contributed by atoms with Gasteiger partial charge >= 0.3 is 0 Å². The molecule has 0 bridgehead atoms. The Labute approximate surface area is 36.7 Å². The molecule has 1 fully saturated rings. The summed E-state index contributed by atoms with van der Waals surface area (Å²) >= 11 is 0. The normalized spacial score (nSPS) is 15.8. The Balaban J connectivity index is 2.27. The average molecular weight is 83.1 g/mol. The lowest BCUT2D eigenvalue weighted by atomic mass is 10.8. The molecule has 0 radical (unpaired) electrons. The molecule has 1 saturated heterocycles. The number of nitrogens with zero attached hydrogens (tertiary/aromatic N) is 1. The maximum atomic E-state index is 4.61. The third-order valence-corrected chi connectivity index (χ3v) is 0.495. The lowest BCUT2D eigenvalue weighted by molar-refractivity contribution is 0.275. The minimum absolute atomic E-state index is 0.681. The minimum atomic E-state index is 0.681. The highest BCUT2D eigenvalue weighted by atomic mass is 16.8. The van der Waals surface area contributed by atoms with E-state index < -0.39 is 0 Å². The molecule has 0 aromatic heterocycles. The van der Waals surface area contributed by atoms with E-state index in [1.54, 1.807) is 12.0 Å². The van der Waals surface area contributed by atoms with Gasteiger partial charge < -0.3 is 0 Å². The number of rotatable bonds is 0. The van der Waals surface area contributed by atoms with Gasteiger partial charge in [-0.15, -0.1) is 0 Å². The highest BCUT2D eigenvalue weighted by Crippen LogP contribution is 2.00. The van der Waals surface area contributed by atoms with Gasteiger partial charge in [0.1, 0.15) is 0 Å². The molecule has 0 saturated carbocycles. The maximum absolute atomic E-state index is 4.61. The summed E-state index contributed by atoms with van der Waals surface area (Å²) in [6.45, 7) is 2.46. The molecule has 1 rings (SSSR count). The fraction of sp³-hybridized carbons (Fsp3) is 0.500. The monoisotopic (exact) mass is 83.0 g/mol. The summed E-state index contributed by atoms with van der Waals surface area (Å²) in [5.74, 6) is 2.68. The molecule has 0 atom stereocenters. The van der Waals surface area contributed by atoms with Crippen LogP contribution in [0.5, 0.6) is 0 Å². The average Bonchev–Trinajstić information content (AvgIpc) is 2.21. The van der Waals surface area contributed by atoms with Crippen LogP contribution >= 0.6 is 0 Å². The fourth-order valence-corrected chi connectivity index (χ4v) is 0.218. The molecule has 0 aromatic rings. The summed E-state index contributed by atoms with van der Waals surface area (Å²) in [6, 6.07) is 2.68. The van der Waals surface area contributed by atoms with Crippen molar-refractivity contribution >= 4 is 0 Å². The lowest BCUT2D eigenvalue weighted by Gasteiger charge is -1.68. The van der Waals surface area contributed by atoms with Crippen LogP contribution in [0.4, 0.5) is 0 Å². The first kappa shape index (κ1) is 3.51. The summed E-state index contributed by atoms with van der Waals surface area (Å²) in [4.78, 5) is 4.61. The Kier molecular flexibility index (Phi) is 0.697. The Morgan fingerprint density at radius 2 is 2.50 bits per heavy atom. The van der Waals surface area contributed by atoms with Gasteiger partial charge in [0.15, 0.2) is 6.73 Å². The van der Waals surface area contributed by atoms with Crippen molar-refractivity contribution < 1.29 is 4.84 Å². The highest BCUT2D eigenvalue weighted by Gasteiger charge is 2.12. The largest absolute Gasteiger partial charge is 0.239 e. The SMILES string of the molecule is CC#CN1CO1. The van der Waals surface area contributed by atoms with E-state index in [1.165, 1.54) is 0 Å². The maximum Gasteiger partial charge on any atom is 0.180 e. The van der Waals surface area contributed by atoms with Crippen molar-refractivity contribution in [1.29, 1.82) is 0 Å². The molecule has 32 valence electrons. The van der Waals surface area contributed by atoms with Crippen LogP contribution in [0.2, 0.25) is 0 Å². The van der Waals surface area contributed by atoms with Gasteiger partial charge in [0.2, 0.25) is 0 Å². The predicted octanol–water partition coefficient (Wildman–Crippen LogP) is 0.172. The van der Waals surface area contributed by atoms with E-state index in [4.69, 9.17) is 0 Å². The zero-order valence-corrected chi connectivity index (χ0v) is 3.56. The van der Waals surface area contributed by atoms with Crippen LogP contribution in [0.1, 0.15) is 6.92 Å². The standard InChI is InChI=1S/C4H5NO/c1-2-3-5-4-6-5/h4H2,1H3. The molecule has 2 nitrogen and oxygen atoms in total. The molecule has 0 amide bonds. The first-order valence-electron chi connectivity index (χ1n) is 1.76. The van der Waals surface area contributed by atoms with Crippen LogP contribution in [0, 0.1) is 12.0 Å². The van der Waals surface area contributed by atoms with Crippen molar-refractivity contribution in [3.63, 3.8) is 0 Å². The zero-order valence-electron chi connectivity index (χ0n) is 3.56. The van der Waals surface area contributed by atoms with E-state index >= 15 is 0 Å². The van der Waals surface area contributed by atoms with Gasteiger partial charge in [-0.2, -0.15) is 5.06 Å². The smallest absolute Gasteiger partial charge is 0.180 e. The van der Waals surface area contributed by atoms with Crippen molar-refractivity contribution in [2.24, 2.45) is 0 Å². The summed E-state index contributed by atoms with van der Waals surface area (Å²) in [5.41, 5.74) is 0. The Hall–Kier alpha value is -0.680. The number of hydrogen-bond donors (Lipinski definition) is 0. The Bertz CT molecular complexity index is 95.9. The molecule has 0 aliphatic carbocycles. The number of hydrogen-bond acceptors (Lipinski definition) is 2. The first-order chi connectivity index (χ1) is 2.93. The first-order valence-corrected chi connectivity index (χ1v) is 1.76. The fourth-order valence-electron chi connectivity index (χ4n) is 0.218. The lowest BCUT2D eigenvalue weighted by Crippen LogP contribution is -1.76. The molecule has 0 unspecified atom stereocenters. The molecule has 6 heavy (non-hydrogen) atoms. The second-order valence-electron chi connectivity index (χ2n) is 0.999. The van der Waals surface area contributed by atoms with Gasteiger partial charge in [0.25, 0.3) is 0 Å². The van der Waals surface area contributed by atoms with E-state index in [9.17, 15) is 0 Å². The summed E-state index contributed by atoms with van der Waals surface area (Å²) in [7, 11) is 0. The zero-order chi connectivity index (χ0) is 4.41. The van der Waals surface area contributed by atoms with Crippen molar-refractivity contribution in [2.45, 2.75) is 6.92 Å². The second-order valence-corrected chi connectivity index (χ2v) is 0.999. The van der Waals surface area contributed by atoms with E-state index in [2.05, 4.69) is 16.8 Å². The molecule has 1 aliphatic heterocycles. The highest BCUT2D eigenvalue weighted by molar-refractivity contribution is 4.93. The van der Waals surface area contributed by atoms with Crippen LogP contribution in [0.15, 0.2) is 0 Å². The van der Waals surface area contributed by atoms with Crippen LogP contribution in [-0.2, 0) is 4.84 Å². The van der Waals surface area contributed by atoms with Gasteiger partial charge in [-0.3, -0.25) is 0 Å². The van der Waals surface area contributed by atoms with Crippen molar-refractivity contribution in [3.05, 3.63) is 0 Å². The molecule has 2 heteroatoms. The predicted molar refractivity (Wildman–Crippen MR) is 21.2 cm³/mol. The summed E-state index contributed by atoms with van der Waals surface area (Å²) < 4.78 is 0. The van der Waals surface area contributed by atoms with Crippen molar-refractivity contribution in [3.8, 4) is 12.0 Å². The van der Waals surface area contributed by atoms with E-state index in [-0.39, 0.29) is 0 Å². The molecule has 0 aromatic carbocycles. The minimum Gasteiger partial charge on any atom is -0.239 e. The van der Waals surface area contributed by atoms with E-state index in [1.807, 2.05) is 0 Å². The van der Waals surface area contributed by atoms with Crippen LogP contribution in [0.3, 0.4) is 0 Å². The molecule has 0 N–H and O–H groups in total. The van der Waals surface area contributed by atoms with E-state index in [0.29, 0.717) is 6.73 Å². The third-order valence-electron chi connectivity index (χ3n) is 0.495. The van der Waals surface area contributed by atoms with Gasteiger partial charge in [-0.05, 0) is 6.92 Å². The molecular formula is C4H5NO. The van der Waals surface area contributed by atoms with E-state index in [0.717, 1.165) is 0 Å². The summed E-state index contributed by atoms with van der Waals surface area (Å²) in [6.07, 6.45) is 0. The van der Waals surface area contributed by atoms with Crippen molar-refractivity contribution in [2.75, 3.05) is 6.73 Å². The molecule has 1 aliphatic rings. The van der Waals surface area contributed by atoms with Gasteiger partial charge in [0.05, 0.1) is 0 Å². The second kappa shape index (κ2) is 1.19. The van der Waals surface area contributed by atoms with Crippen molar-refractivity contribution in [1.82, 2.24) is 5.06 Å².